The van der Waals surface area contributed by atoms with Gasteiger partial charge in [0.2, 0.25) is 5.91 Å². The summed E-state index contributed by atoms with van der Waals surface area (Å²) in [6, 6.07) is 7.82. The molecule has 1 aromatic carbocycles. The second kappa shape index (κ2) is 7.84. The highest BCUT2D eigenvalue weighted by Crippen LogP contribution is 2.20. The maximum atomic E-state index is 11.9. The maximum Gasteiger partial charge on any atom is 0.244 e. The summed E-state index contributed by atoms with van der Waals surface area (Å²) in [6.07, 6.45) is 6.34. The van der Waals surface area contributed by atoms with E-state index in [0.717, 1.165) is 37.0 Å². The number of aliphatic hydroxyl groups excluding tert-OH is 1. The van der Waals surface area contributed by atoms with Gasteiger partial charge in [0.15, 0.2) is 0 Å². The van der Waals surface area contributed by atoms with Crippen molar-refractivity contribution in [1.29, 1.82) is 0 Å². The molecule has 0 aromatic heterocycles. The zero-order chi connectivity index (χ0) is 15.1. The van der Waals surface area contributed by atoms with Crippen LogP contribution in [0.5, 0.6) is 5.75 Å². The predicted octanol–water partition coefficient (Wildman–Crippen LogP) is 2.52. The third-order valence-electron chi connectivity index (χ3n) is 3.68. The summed E-state index contributed by atoms with van der Waals surface area (Å²) in [5.74, 6) is 0.688. The van der Waals surface area contributed by atoms with Gasteiger partial charge in [-0.1, -0.05) is 18.2 Å². The third kappa shape index (κ3) is 4.90. The summed E-state index contributed by atoms with van der Waals surface area (Å²) < 4.78 is 5.52. The maximum absolute atomic E-state index is 11.9. The number of carbonyl (C=O) groups is 1. The fraction of sp³-hybridized carbons (Fsp3) is 0.471. The summed E-state index contributed by atoms with van der Waals surface area (Å²) in [5, 5.41) is 12.4. The van der Waals surface area contributed by atoms with E-state index in [2.05, 4.69) is 5.32 Å². The van der Waals surface area contributed by atoms with Crippen LogP contribution in [0.25, 0.3) is 6.08 Å². The second-order valence-electron chi connectivity index (χ2n) is 5.32. The molecule has 0 heterocycles. The van der Waals surface area contributed by atoms with Gasteiger partial charge in [-0.25, -0.2) is 0 Å². The van der Waals surface area contributed by atoms with Crippen molar-refractivity contribution in [2.75, 3.05) is 6.61 Å². The summed E-state index contributed by atoms with van der Waals surface area (Å²) in [6.45, 7) is 2.53. The zero-order valence-electron chi connectivity index (χ0n) is 12.4. The van der Waals surface area contributed by atoms with Gasteiger partial charge in [0.25, 0.3) is 0 Å². The smallest absolute Gasteiger partial charge is 0.244 e. The summed E-state index contributed by atoms with van der Waals surface area (Å²) >= 11 is 0. The Morgan fingerprint density at radius 1 is 1.33 bits per heavy atom. The van der Waals surface area contributed by atoms with E-state index in [9.17, 15) is 9.90 Å². The van der Waals surface area contributed by atoms with Crippen LogP contribution in [-0.2, 0) is 4.79 Å². The van der Waals surface area contributed by atoms with Crippen molar-refractivity contribution in [2.45, 2.75) is 44.8 Å². The summed E-state index contributed by atoms with van der Waals surface area (Å²) in [5.41, 5.74) is 0.897. The highest BCUT2D eigenvalue weighted by Gasteiger charge is 2.19. The lowest BCUT2D eigenvalue weighted by Crippen LogP contribution is -2.37. The molecule has 1 amide bonds. The summed E-state index contributed by atoms with van der Waals surface area (Å²) in [7, 11) is 0. The highest BCUT2D eigenvalue weighted by atomic mass is 16.5. The first kappa shape index (κ1) is 15.6. The van der Waals surface area contributed by atoms with E-state index in [-0.39, 0.29) is 18.1 Å². The number of para-hydroxylation sites is 1. The number of carbonyl (C=O) groups excluding carboxylic acids is 1. The van der Waals surface area contributed by atoms with Crippen LogP contribution in [0.3, 0.4) is 0 Å². The van der Waals surface area contributed by atoms with Gasteiger partial charge < -0.3 is 15.2 Å². The first-order valence-electron chi connectivity index (χ1n) is 7.57. The Labute approximate surface area is 125 Å². The van der Waals surface area contributed by atoms with Crippen molar-refractivity contribution in [1.82, 2.24) is 5.32 Å². The minimum Gasteiger partial charge on any atom is -0.493 e. The topological polar surface area (TPSA) is 58.6 Å². The first-order chi connectivity index (χ1) is 10.2. The molecule has 0 atom stereocenters. The molecule has 4 heteroatoms. The van der Waals surface area contributed by atoms with Gasteiger partial charge >= 0.3 is 0 Å². The molecule has 0 unspecified atom stereocenters. The minimum atomic E-state index is -0.202. The van der Waals surface area contributed by atoms with Crippen LogP contribution < -0.4 is 10.1 Å². The number of benzene rings is 1. The van der Waals surface area contributed by atoms with Gasteiger partial charge in [0.05, 0.1) is 12.7 Å². The van der Waals surface area contributed by atoms with E-state index < -0.39 is 0 Å². The number of amides is 1. The van der Waals surface area contributed by atoms with E-state index in [4.69, 9.17) is 4.74 Å². The van der Waals surface area contributed by atoms with Crippen LogP contribution in [0.4, 0.5) is 0 Å². The summed E-state index contributed by atoms with van der Waals surface area (Å²) in [4.78, 5) is 11.9. The fourth-order valence-electron chi connectivity index (χ4n) is 2.54. The van der Waals surface area contributed by atoms with Crippen LogP contribution in [-0.4, -0.2) is 29.8 Å². The number of rotatable bonds is 5. The monoisotopic (exact) mass is 289 g/mol. The SMILES string of the molecule is CCOc1ccccc1/C=C/C(=O)NC1CCC(O)CC1. The lowest BCUT2D eigenvalue weighted by molar-refractivity contribution is -0.117. The van der Waals surface area contributed by atoms with Gasteiger partial charge in [-0.3, -0.25) is 4.79 Å². The van der Waals surface area contributed by atoms with Crippen LogP contribution in [0.2, 0.25) is 0 Å². The Kier molecular flexibility index (Phi) is 5.81. The third-order valence-corrected chi connectivity index (χ3v) is 3.68. The van der Waals surface area contributed by atoms with Gasteiger partial charge in [0.1, 0.15) is 5.75 Å². The Bertz CT molecular complexity index is 491. The fourth-order valence-corrected chi connectivity index (χ4v) is 2.54. The van der Waals surface area contributed by atoms with Crippen LogP contribution in [0, 0.1) is 0 Å². The molecule has 0 saturated heterocycles. The molecule has 4 nitrogen and oxygen atoms in total. The van der Waals surface area contributed by atoms with Crippen molar-refractivity contribution >= 4 is 12.0 Å². The molecule has 0 aliphatic heterocycles. The van der Waals surface area contributed by atoms with E-state index in [1.165, 1.54) is 0 Å². The van der Waals surface area contributed by atoms with E-state index in [0.29, 0.717) is 6.61 Å². The second-order valence-corrected chi connectivity index (χ2v) is 5.32. The molecule has 1 aliphatic carbocycles. The van der Waals surface area contributed by atoms with Gasteiger partial charge in [-0.15, -0.1) is 0 Å². The van der Waals surface area contributed by atoms with Crippen molar-refractivity contribution in [2.24, 2.45) is 0 Å². The van der Waals surface area contributed by atoms with E-state index in [1.54, 1.807) is 12.2 Å². The van der Waals surface area contributed by atoms with Crippen molar-refractivity contribution in [3.63, 3.8) is 0 Å². The largest absolute Gasteiger partial charge is 0.493 e. The highest BCUT2D eigenvalue weighted by molar-refractivity contribution is 5.92. The van der Waals surface area contributed by atoms with E-state index in [1.807, 2.05) is 31.2 Å². The Hall–Kier alpha value is -1.81. The average Bonchev–Trinajstić information content (AvgIpc) is 2.49. The van der Waals surface area contributed by atoms with Gasteiger partial charge in [-0.05, 0) is 44.7 Å². The van der Waals surface area contributed by atoms with Crippen molar-refractivity contribution < 1.29 is 14.6 Å². The van der Waals surface area contributed by atoms with Gasteiger partial charge in [0, 0.05) is 17.7 Å². The lowest BCUT2D eigenvalue weighted by Gasteiger charge is -2.25. The molecular weight excluding hydrogens is 266 g/mol. The van der Waals surface area contributed by atoms with Crippen molar-refractivity contribution in [3.8, 4) is 5.75 Å². The molecule has 1 saturated carbocycles. The zero-order valence-corrected chi connectivity index (χ0v) is 12.4. The quantitative estimate of drug-likeness (QED) is 0.819. The number of ether oxygens (including phenoxy) is 1. The van der Waals surface area contributed by atoms with Crippen LogP contribution in [0.15, 0.2) is 30.3 Å². The standard InChI is InChI=1S/C17H23NO3/c1-2-21-16-6-4-3-5-13(16)7-12-17(20)18-14-8-10-15(19)11-9-14/h3-7,12,14-15,19H,2,8-11H2,1H3,(H,18,20)/b12-7+. The van der Waals surface area contributed by atoms with Crippen LogP contribution in [0.1, 0.15) is 38.2 Å². The number of hydrogen-bond acceptors (Lipinski definition) is 3. The number of nitrogens with one attached hydrogen (secondary N) is 1. The molecule has 1 aliphatic rings. The normalized spacial score (nSPS) is 22.2. The first-order valence-corrected chi connectivity index (χ1v) is 7.57. The lowest BCUT2D eigenvalue weighted by atomic mass is 9.93. The minimum absolute atomic E-state index is 0.0947. The predicted molar refractivity (Wildman–Crippen MR) is 83.1 cm³/mol. The molecule has 2 N–H and O–H groups in total. The molecule has 21 heavy (non-hydrogen) atoms. The number of hydrogen-bond donors (Lipinski definition) is 2. The Morgan fingerprint density at radius 2 is 2.05 bits per heavy atom. The molecule has 0 radical (unpaired) electrons. The average molecular weight is 289 g/mol. The Balaban J connectivity index is 1.90. The molecular formula is C17H23NO3. The number of aliphatic hydroxyl groups is 1. The van der Waals surface area contributed by atoms with E-state index >= 15 is 0 Å². The molecule has 114 valence electrons. The molecule has 0 bridgehead atoms. The van der Waals surface area contributed by atoms with Crippen molar-refractivity contribution in [3.05, 3.63) is 35.9 Å². The van der Waals surface area contributed by atoms with Crippen LogP contribution >= 0.6 is 0 Å². The Morgan fingerprint density at radius 3 is 2.76 bits per heavy atom. The van der Waals surface area contributed by atoms with Gasteiger partial charge in [-0.2, -0.15) is 0 Å². The molecule has 2 rings (SSSR count). The molecule has 0 spiro atoms. The molecule has 1 fully saturated rings. The molecule has 1 aromatic rings.